The highest BCUT2D eigenvalue weighted by atomic mass is 32.2. The van der Waals surface area contributed by atoms with Gasteiger partial charge in [0.15, 0.2) is 5.82 Å². The molecule has 19 heavy (non-hydrogen) atoms. The van der Waals surface area contributed by atoms with Crippen LogP contribution in [0, 0.1) is 0 Å². The van der Waals surface area contributed by atoms with E-state index in [4.69, 9.17) is 4.74 Å². The van der Waals surface area contributed by atoms with Gasteiger partial charge in [-0.05, 0) is 39.4 Å². The van der Waals surface area contributed by atoms with Crippen molar-refractivity contribution in [3.63, 3.8) is 0 Å². The minimum Gasteiger partial charge on any atom is -0.472 e. The average molecular weight is 281 g/mol. The number of aromatic nitrogens is 2. The van der Waals surface area contributed by atoms with Crippen LogP contribution in [0.1, 0.15) is 39.5 Å². The fourth-order valence-corrected chi connectivity index (χ4v) is 3.24. The maximum atomic E-state index is 5.70. The molecule has 4 nitrogen and oxygen atoms in total. The third kappa shape index (κ3) is 4.27. The van der Waals surface area contributed by atoms with Gasteiger partial charge >= 0.3 is 0 Å². The molecular formula is C14H23N3OS. The van der Waals surface area contributed by atoms with Gasteiger partial charge in [-0.2, -0.15) is 11.8 Å². The summed E-state index contributed by atoms with van der Waals surface area (Å²) in [6.07, 6.45) is 10.7. The number of anilines is 1. The quantitative estimate of drug-likeness (QED) is 0.897. The molecule has 106 valence electrons. The highest BCUT2D eigenvalue weighted by molar-refractivity contribution is 7.99. The van der Waals surface area contributed by atoms with E-state index in [1.165, 1.54) is 25.7 Å². The third-order valence-electron chi connectivity index (χ3n) is 3.31. The molecule has 1 aliphatic carbocycles. The average Bonchev–Trinajstić information content (AvgIpc) is 2.41. The first-order valence-electron chi connectivity index (χ1n) is 6.96. The fourth-order valence-electron chi connectivity index (χ4n) is 2.42. The van der Waals surface area contributed by atoms with Crippen molar-refractivity contribution in [1.29, 1.82) is 0 Å². The topological polar surface area (TPSA) is 47.0 Å². The summed E-state index contributed by atoms with van der Waals surface area (Å²) in [5.74, 6) is 1.40. The molecule has 0 saturated heterocycles. The van der Waals surface area contributed by atoms with E-state index in [1.807, 2.05) is 25.6 Å². The lowest BCUT2D eigenvalue weighted by molar-refractivity contribution is 0.232. The predicted octanol–water partition coefficient (Wildman–Crippen LogP) is 3.35. The van der Waals surface area contributed by atoms with E-state index in [9.17, 15) is 0 Å². The number of hydrogen-bond donors (Lipinski definition) is 1. The normalized spacial score (nSPS) is 23.4. The lowest BCUT2D eigenvalue weighted by Crippen LogP contribution is -2.29. The zero-order valence-corrected chi connectivity index (χ0v) is 12.7. The Morgan fingerprint density at radius 2 is 2.11 bits per heavy atom. The summed E-state index contributed by atoms with van der Waals surface area (Å²) < 4.78 is 5.70. The van der Waals surface area contributed by atoms with E-state index < -0.39 is 0 Å². The van der Waals surface area contributed by atoms with Crippen molar-refractivity contribution in [2.24, 2.45) is 0 Å². The van der Waals surface area contributed by atoms with Crippen molar-refractivity contribution in [2.45, 2.75) is 56.9 Å². The fraction of sp³-hybridized carbons (Fsp3) is 0.714. The monoisotopic (exact) mass is 281 g/mol. The number of nitrogens with zero attached hydrogens (tertiary/aromatic N) is 2. The van der Waals surface area contributed by atoms with E-state index in [1.54, 1.807) is 12.4 Å². The van der Waals surface area contributed by atoms with E-state index >= 15 is 0 Å². The molecule has 1 N–H and O–H groups in total. The van der Waals surface area contributed by atoms with Gasteiger partial charge in [-0.1, -0.05) is 6.42 Å². The standard InChI is InChI=1S/C14H23N3OS/c1-10(2)18-14-13(15-7-8-16-14)17-11-5-4-6-12(9-11)19-3/h7-8,10-12H,4-6,9H2,1-3H3,(H,15,17). The van der Waals surface area contributed by atoms with E-state index in [0.29, 0.717) is 11.9 Å². The van der Waals surface area contributed by atoms with Crippen LogP contribution in [0.25, 0.3) is 0 Å². The molecule has 1 fully saturated rings. The van der Waals surface area contributed by atoms with Gasteiger partial charge in [0.25, 0.3) is 5.88 Å². The summed E-state index contributed by atoms with van der Waals surface area (Å²) in [4.78, 5) is 8.64. The molecule has 0 aromatic carbocycles. The Morgan fingerprint density at radius 3 is 2.84 bits per heavy atom. The van der Waals surface area contributed by atoms with Crippen molar-refractivity contribution in [3.05, 3.63) is 12.4 Å². The Kier molecular flexibility index (Phi) is 5.31. The number of rotatable bonds is 5. The third-order valence-corrected chi connectivity index (χ3v) is 4.41. The van der Waals surface area contributed by atoms with Crippen LogP contribution < -0.4 is 10.1 Å². The minimum atomic E-state index is 0.113. The molecule has 1 aromatic heterocycles. The van der Waals surface area contributed by atoms with Crippen molar-refractivity contribution in [2.75, 3.05) is 11.6 Å². The summed E-state index contributed by atoms with van der Waals surface area (Å²) in [5.41, 5.74) is 0. The number of nitrogens with one attached hydrogen (secondary N) is 1. The molecule has 2 unspecified atom stereocenters. The van der Waals surface area contributed by atoms with Gasteiger partial charge in [-0.3, -0.25) is 0 Å². The van der Waals surface area contributed by atoms with Crippen LogP contribution in [-0.4, -0.2) is 33.6 Å². The van der Waals surface area contributed by atoms with Crippen LogP contribution >= 0.6 is 11.8 Å². The molecule has 1 aliphatic rings. The van der Waals surface area contributed by atoms with Crippen LogP contribution in [0.5, 0.6) is 5.88 Å². The molecule has 1 aromatic rings. The molecular weight excluding hydrogens is 258 g/mol. The van der Waals surface area contributed by atoms with Crippen LogP contribution in [-0.2, 0) is 0 Å². The summed E-state index contributed by atoms with van der Waals surface area (Å²) in [6.45, 7) is 4.01. The van der Waals surface area contributed by atoms with Crippen LogP contribution in [0.15, 0.2) is 12.4 Å². The van der Waals surface area contributed by atoms with Gasteiger partial charge in [0.1, 0.15) is 0 Å². The molecule has 0 amide bonds. The number of hydrogen-bond acceptors (Lipinski definition) is 5. The van der Waals surface area contributed by atoms with Crippen molar-refractivity contribution in [1.82, 2.24) is 9.97 Å². The molecule has 2 atom stereocenters. The predicted molar refractivity (Wildman–Crippen MR) is 81.0 cm³/mol. The highest BCUT2D eigenvalue weighted by Crippen LogP contribution is 2.30. The first-order chi connectivity index (χ1) is 9.19. The molecule has 1 saturated carbocycles. The first kappa shape index (κ1) is 14.4. The Balaban J connectivity index is 2.01. The Labute approximate surface area is 119 Å². The minimum absolute atomic E-state index is 0.113. The van der Waals surface area contributed by atoms with Crippen molar-refractivity contribution in [3.8, 4) is 5.88 Å². The summed E-state index contributed by atoms with van der Waals surface area (Å²) in [7, 11) is 0. The van der Waals surface area contributed by atoms with Gasteiger partial charge in [0, 0.05) is 23.7 Å². The lowest BCUT2D eigenvalue weighted by atomic mass is 9.95. The first-order valence-corrected chi connectivity index (χ1v) is 8.24. The molecule has 0 radical (unpaired) electrons. The van der Waals surface area contributed by atoms with E-state index in [-0.39, 0.29) is 6.10 Å². The Hall–Kier alpha value is -0.970. The van der Waals surface area contributed by atoms with Crippen molar-refractivity contribution < 1.29 is 4.74 Å². The zero-order valence-electron chi connectivity index (χ0n) is 11.9. The molecule has 0 spiro atoms. The second kappa shape index (κ2) is 6.98. The second-order valence-corrected chi connectivity index (χ2v) is 6.38. The second-order valence-electron chi connectivity index (χ2n) is 5.24. The largest absolute Gasteiger partial charge is 0.472 e. The van der Waals surface area contributed by atoms with E-state index in [2.05, 4.69) is 21.5 Å². The lowest BCUT2D eigenvalue weighted by Gasteiger charge is -2.29. The van der Waals surface area contributed by atoms with Gasteiger partial charge < -0.3 is 10.1 Å². The number of thioether (sulfide) groups is 1. The van der Waals surface area contributed by atoms with E-state index in [0.717, 1.165) is 11.1 Å². The Morgan fingerprint density at radius 1 is 1.32 bits per heavy atom. The van der Waals surface area contributed by atoms with Gasteiger partial charge in [0.2, 0.25) is 0 Å². The van der Waals surface area contributed by atoms with Crippen molar-refractivity contribution >= 4 is 17.6 Å². The van der Waals surface area contributed by atoms with Gasteiger partial charge in [-0.15, -0.1) is 0 Å². The Bertz CT molecular complexity index is 400. The number of ether oxygens (including phenoxy) is 1. The highest BCUT2D eigenvalue weighted by Gasteiger charge is 2.22. The molecule has 0 aliphatic heterocycles. The molecule has 5 heteroatoms. The molecule has 2 rings (SSSR count). The molecule has 1 heterocycles. The van der Waals surface area contributed by atoms with Crippen LogP contribution in [0.2, 0.25) is 0 Å². The SMILES string of the molecule is CSC1CCCC(Nc2nccnc2OC(C)C)C1. The summed E-state index contributed by atoms with van der Waals surface area (Å²) >= 11 is 1.97. The van der Waals surface area contributed by atoms with Crippen LogP contribution in [0.3, 0.4) is 0 Å². The van der Waals surface area contributed by atoms with Gasteiger partial charge in [-0.25, -0.2) is 9.97 Å². The maximum Gasteiger partial charge on any atom is 0.257 e. The summed E-state index contributed by atoms with van der Waals surface area (Å²) in [5, 5.41) is 4.27. The smallest absolute Gasteiger partial charge is 0.257 e. The van der Waals surface area contributed by atoms with Gasteiger partial charge in [0.05, 0.1) is 6.10 Å². The summed E-state index contributed by atoms with van der Waals surface area (Å²) in [6, 6.07) is 0.484. The maximum absolute atomic E-state index is 5.70. The van der Waals surface area contributed by atoms with Crippen LogP contribution in [0.4, 0.5) is 5.82 Å². The molecule has 0 bridgehead atoms. The zero-order chi connectivity index (χ0) is 13.7.